The molecule has 1 aromatic rings. The van der Waals surface area contributed by atoms with E-state index in [2.05, 4.69) is 37.8 Å². The van der Waals surface area contributed by atoms with Gasteiger partial charge in [0.05, 0.1) is 0 Å². The van der Waals surface area contributed by atoms with E-state index in [0.717, 1.165) is 6.54 Å². The van der Waals surface area contributed by atoms with Crippen molar-refractivity contribution in [3.63, 3.8) is 0 Å². The van der Waals surface area contributed by atoms with Crippen molar-refractivity contribution in [1.82, 2.24) is 4.90 Å². The highest BCUT2D eigenvalue weighted by Gasteiger charge is 2.16. The molecule has 2 nitrogen and oxygen atoms in total. The van der Waals surface area contributed by atoms with Crippen molar-refractivity contribution < 1.29 is 0 Å². The number of rotatable bonds is 3. The van der Waals surface area contributed by atoms with Crippen molar-refractivity contribution in [3.8, 4) is 0 Å². The lowest BCUT2D eigenvalue weighted by atomic mass is 9.96. The van der Waals surface area contributed by atoms with E-state index in [9.17, 15) is 0 Å². The fraction of sp³-hybridized carbons (Fsp3) is 0.647. The van der Waals surface area contributed by atoms with Crippen LogP contribution in [-0.4, -0.2) is 24.5 Å². The predicted molar refractivity (Wildman–Crippen MR) is 82.5 cm³/mol. The maximum Gasteiger partial charge on any atom is 0.0427 e. The molecule has 1 aliphatic heterocycles. The Labute approximate surface area is 118 Å². The zero-order valence-electron chi connectivity index (χ0n) is 12.7. The van der Waals surface area contributed by atoms with E-state index in [0.29, 0.717) is 0 Å². The van der Waals surface area contributed by atoms with Crippen LogP contribution in [0.5, 0.6) is 0 Å². The van der Waals surface area contributed by atoms with Gasteiger partial charge in [0.25, 0.3) is 0 Å². The number of hydrogen-bond acceptors (Lipinski definition) is 2. The van der Waals surface area contributed by atoms with Crippen LogP contribution in [0, 0.1) is 20.8 Å². The van der Waals surface area contributed by atoms with Crippen molar-refractivity contribution in [2.75, 3.05) is 19.6 Å². The van der Waals surface area contributed by atoms with Gasteiger partial charge in [-0.15, -0.1) is 0 Å². The minimum Gasteiger partial charge on any atom is -0.323 e. The smallest absolute Gasteiger partial charge is 0.0427 e. The molecule has 1 fully saturated rings. The van der Waals surface area contributed by atoms with Crippen LogP contribution in [0.3, 0.4) is 0 Å². The number of aryl methyl sites for hydroxylation is 3. The molecule has 2 N–H and O–H groups in total. The molecule has 1 aliphatic rings. The lowest BCUT2D eigenvalue weighted by molar-refractivity contribution is 0.267. The van der Waals surface area contributed by atoms with Gasteiger partial charge in [0.2, 0.25) is 0 Å². The van der Waals surface area contributed by atoms with Crippen molar-refractivity contribution in [1.29, 1.82) is 0 Å². The molecular weight excluding hydrogens is 232 g/mol. The Balaban J connectivity index is 2.06. The molecule has 19 heavy (non-hydrogen) atoms. The van der Waals surface area contributed by atoms with E-state index >= 15 is 0 Å². The topological polar surface area (TPSA) is 29.3 Å². The Morgan fingerprint density at radius 1 is 0.947 bits per heavy atom. The van der Waals surface area contributed by atoms with Crippen molar-refractivity contribution in [3.05, 3.63) is 34.4 Å². The Bertz CT molecular complexity index is 418. The first kappa shape index (κ1) is 14.5. The van der Waals surface area contributed by atoms with Crippen LogP contribution >= 0.6 is 0 Å². The molecule has 1 saturated heterocycles. The first-order chi connectivity index (χ1) is 9.08. The lowest BCUT2D eigenvalue weighted by Gasteiger charge is -2.25. The van der Waals surface area contributed by atoms with E-state index in [1.165, 1.54) is 61.0 Å². The average molecular weight is 260 g/mol. The maximum atomic E-state index is 6.45. The Kier molecular flexibility index (Phi) is 5.00. The summed E-state index contributed by atoms with van der Waals surface area (Å²) in [5, 5.41) is 0. The zero-order valence-corrected chi connectivity index (χ0v) is 12.7. The van der Waals surface area contributed by atoms with Crippen LogP contribution in [0.2, 0.25) is 0 Å². The van der Waals surface area contributed by atoms with Gasteiger partial charge < -0.3 is 10.6 Å². The van der Waals surface area contributed by atoms with E-state index in [1.54, 1.807) is 0 Å². The fourth-order valence-electron chi connectivity index (χ4n) is 3.08. The molecule has 1 aromatic carbocycles. The van der Waals surface area contributed by atoms with Crippen LogP contribution in [-0.2, 0) is 0 Å². The summed E-state index contributed by atoms with van der Waals surface area (Å²) in [5.41, 5.74) is 11.8. The molecule has 0 bridgehead atoms. The Morgan fingerprint density at radius 2 is 1.53 bits per heavy atom. The van der Waals surface area contributed by atoms with Crippen molar-refractivity contribution in [2.24, 2.45) is 5.73 Å². The predicted octanol–water partition coefficient (Wildman–Crippen LogP) is 3.49. The minimum absolute atomic E-state index is 0.150. The highest BCUT2D eigenvalue weighted by molar-refractivity contribution is 5.38. The number of nitrogens with zero attached hydrogens (tertiary/aromatic N) is 1. The average Bonchev–Trinajstić information content (AvgIpc) is 2.62. The van der Waals surface area contributed by atoms with Gasteiger partial charge in [-0.25, -0.2) is 0 Å². The second-order valence-electron chi connectivity index (χ2n) is 6.11. The van der Waals surface area contributed by atoms with Crippen LogP contribution in [0.1, 0.15) is 54.0 Å². The first-order valence-electron chi connectivity index (χ1n) is 7.63. The number of benzene rings is 1. The van der Waals surface area contributed by atoms with Gasteiger partial charge in [0, 0.05) is 12.6 Å². The molecule has 0 amide bonds. The second kappa shape index (κ2) is 6.53. The molecule has 0 aliphatic carbocycles. The molecule has 0 spiro atoms. The number of hydrogen-bond donors (Lipinski definition) is 1. The van der Waals surface area contributed by atoms with Gasteiger partial charge in [-0.05, 0) is 69.0 Å². The number of nitrogens with two attached hydrogens (primary N) is 1. The molecule has 2 rings (SSSR count). The summed E-state index contributed by atoms with van der Waals surface area (Å²) in [4.78, 5) is 2.55. The molecular formula is C17H28N2. The Hall–Kier alpha value is -0.860. The zero-order chi connectivity index (χ0) is 13.8. The summed E-state index contributed by atoms with van der Waals surface area (Å²) < 4.78 is 0. The lowest BCUT2D eigenvalue weighted by Crippen LogP contribution is -2.33. The van der Waals surface area contributed by atoms with Gasteiger partial charge >= 0.3 is 0 Å². The monoisotopic (exact) mass is 260 g/mol. The number of likely N-dealkylation sites (tertiary alicyclic amines) is 1. The highest BCUT2D eigenvalue weighted by Crippen LogP contribution is 2.22. The second-order valence-corrected chi connectivity index (χ2v) is 6.11. The van der Waals surface area contributed by atoms with E-state index < -0.39 is 0 Å². The summed E-state index contributed by atoms with van der Waals surface area (Å²) in [6.07, 6.45) is 5.43. The summed E-state index contributed by atoms with van der Waals surface area (Å²) in [5.74, 6) is 0. The van der Waals surface area contributed by atoms with Gasteiger partial charge in [-0.3, -0.25) is 0 Å². The van der Waals surface area contributed by atoms with E-state index in [1.807, 2.05) is 0 Å². The molecule has 2 heteroatoms. The third kappa shape index (κ3) is 3.80. The van der Waals surface area contributed by atoms with Gasteiger partial charge in [0.1, 0.15) is 0 Å². The summed E-state index contributed by atoms with van der Waals surface area (Å²) in [6.45, 7) is 9.98. The molecule has 1 heterocycles. The van der Waals surface area contributed by atoms with Gasteiger partial charge in [-0.2, -0.15) is 0 Å². The largest absolute Gasteiger partial charge is 0.323 e. The summed E-state index contributed by atoms with van der Waals surface area (Å²) in [7, 11) is 0. The maximum absolute atomic E-state index is 6.45. The first-order valence-corrected chi connectivity index (χ1v) is 7.63. The molecule has 106 valence electrons. The van der Waals surface area contributed by atoms with Gasteiger partial charge in [-0.1, -0.05) is 25.0 Å². The highest BCUT2D eigenvalue weighted by atomic mass is 15.1. The van der Waals surface area contributed by atoms with Crippen molar-refractivity contribution in [2.45, 2.75) is 52.5 Å². The quantitative estimate of drug-likeness (QED) is 0.901. The molecule has 1 atom stereocenters. The summed E-state index contributed by atoms with van der Waals surface area (Å²) >= 11 is 0. The molecule has 1 unspecified atom stereocenters. The van der Waals surface area contributed by atoms with Crippen molar-refractivity contribution >= 4 is 0 Å². The van der Waals surface area contributed by atoms with Crippen LogP contribution in [0.25, 0.3) is 0 Å². The normalized spacial score (nSPS) is 19.2. The fourth-order valence-corrected chi connectivity index (χ4v) is 3.08. The van der Waals surface area contributed by atoms with Gasteiger partial charge in [0.15, 0.2) is 0 Å². The third-order valence-electron chi connectivity index (χ3n) is 4.44. The Morgan fingerprint density at radius 3 is 2.16 bits per heavy atom. The van der Waals surface area contributed by atoms with E-state index in [-0.39, 0.29) is 6.04 Å². The summed E-state index contributed by atoms with van der Waals surface area (Å²) in [6, 6.07) is 4.71. The SMILES string of the molecule is Cc1cc(C)c(C(N)CN2CCCCCC2)cc1C. The molecule has 0 saturated carbocycles. The standard InChI is InChI=1S/C17H28N2/c1-13-10-15(3)16(11-14(13)2)17(18)12-19-8-6-4-5-7-9-19/h10-11,17H,4-9,12,18H2,1-3H3. The van der Waals surface area contributed by atoms with Crippen LogP contribution in [0.15, 0.2) is 12.1 Å². The van der Waals surface area contributed by atoms with Crippen LogP contribution in [0.4, 0.5) is 0 Å². The van der Waals surface area contributed by atoms with E-state index in [4.69, 9.17) is 5.73 Å². The molecule has 0 radical (unpaired) electrons. The molecule has 0 aromatic heterocycles. The van der Waals surface area contributed by atoms with Crippen LogP contribution < -0.4 is 5.73 Å². The third-order valence-corrected chi connectivity index (χ3v) is 4.44. The minimum atomic E-state index is 0.150.